The molecular weight excluding hydrogens is 224 g/mol. The quantitative estimate of drug-likeness (QED) is 0.649. The highest BCUT2D eigenvalue weighted by molar-refractivity contribution is 6.31. The Balaban J connectivity index is 2.10. The van der Waals surface area contributed by atoms with Crippen molar-refractivity contribution in [1.82, 2.24) is 4.90 Å². The van der Waals surface area contributed by atoms with Gasteiger partial charge in [-0.15, -0.1) is 0 Å². The number of carbonyl (C=O) groups excluding carboxylic acids is 1. The van der Waals surface area contributed by atoms with Crippen molar-refractivity contribution in [2.75, 3.05) is 25.4 Å². The van der Waals surface area contributed by atoms with Crippen LogP contribution in [0.1, 0.15) is 23.2 Å². The first-order valence-corrected chi connectivity index (χ1v) is 5.85. The molecule has 1 aliphatic heterocycles. The lowest BCUT2D eigenvalue weighted by Crippen LogP contribution is -2.27. The maximum Gasteiger partial charge on any atom is 0.178 e. The van der Waals surface area contributed by atoms with E-state index in [1.807, 2.05) is 0 Å². The van der Waals surface area contributed by atoms with E-state index in [0.717, 1.165) is 13.1 Å². The maximum atomic E-state index is 12.0. The number of nitrogen functional groups attached to an aromatic ring is 1. The van der Waals surface area contributed by atoms with Crippen molar-refractivity contribution in [3.05, 3.63) is 28.8 Å². The normalized spacial score (nSPS) is 16.6. The SMILES string of the molecule is Nc1ccc(Cl)cc1C(=O)CN1CCCC1. The minimum absolute atomic E-state index is 0.0573. The topological polar surface area (TPSA) is 46.3 Å². The van der Waals surface area contributed by atoms with Gasteiger partial charge in [-0.1, -0.05) is 11.6 Å². The predicted molar refractivity (Wildman–Crippen MR) is 65.9 cm³/mol. The van der Waals surface area contributed by atoms with Crippen LogP contribution in [0, 0.1) is 0 Å². The monoisotopic (exact) mass is 238 g/mol. The van der Waals surface area contributed by atoms with Crippen LogP contribution in [0.2, 0.25) is 5.02 Å². The average Bonchev–Trinajstić information content (AvgIpc) is 2.74. The van der Waals surface area contributed by atoms with Crippen LogP contribution in [0.25, 0.3) is 0 Å². The van der Waals surface area contributed by atoms with Crippen LogP contribution in [-0.4, -0.2) is 30.3 Å². The molecular formula is C12H15ClN2O. The van der Waals surface area contributed by atoms with Crippen LogP contribution in [0.4, 0.5) is 5.69 Å². The third-order valence-electron chi connectivity index (χ3n) is 2.88. The first kappa shape index (κ1) is 11.4. The Kier molecular flexibility index (Phi) is 3.46. The van der Waals surface area contributed by atoms with Gasteiger partial charge in [-0.05, 0) is 44.1 Å². The third kappa shape index (κ3) is 2.54. The smallest absolute Gasteiger partial charge is 0.178 e. The van der Waals surface area contributed by atoms with Crippen LogP contribution < -0.4 is 5.73 Å². The van der Waals surface area contributed by atoms with Crippen LogP contribution in [0.5, 0.6) is 0 Å². The minimum atomic E-state index is 0.0573. The number of hydrogen-bond donors (Lipinski definition) is 1. The molecule has 3 nitrogen and oxygen atoms in total. The molecule has 16 heavy (non-hydrogen) atoms. The Bertz CT molecular complexity index is 400. The van der Waals surface area contributed by atoms with Gasteiger partial charge >= 0.3 is 0 Å². The second-order valence-electron chi connectivity index (χ2n) is 4.14. The second-order valence-corrected chi connectivity index (χ2v) is 4.57. The van der Waals surface area contributed by atoms with Crippen LogP contribution in [-0.2, 0) is 0 Å². The molecule has 0 amide bonds. The summed E-state index contributed by atoms with van der Waals surface area (Å²) in [5.74, 6) is 0.0573. The molecule has 1 aliphatic rings. The number of benzene rings is 1. The zero-order chi connectivity index (χ0) is 11.5. The molecule has 0 aromatic heterocycles. The number of carbonyl (C=O) groups is 1. The van der Waals surface area contributed by atoms with E-state index in [9.17, 15) is 4.79 Å². The van der Waals surface area contributed by atoms with Gasteiger partial charge in [0, 0.05) is 16.3 Å². The molecule has 0 bridgehead atoms. The molecule has 0 atom stereocenters. The van der Waals surface area contributed by atoms with E-state index in [4.69, 9.17) is 17.3 Å². The van der Waals surface area contributed by atoms with Crippen molar-refractivity contribution in [1.29, 1.82) is 0 Å². The molecule has 1 aromatic rings. The average molecular weight is 239 g/mol. The number of Topliss-reactive ketones (excluding diaryl/α,β-unsaturated/α-hetero) is 1. The number of ketones is 1. The second kappa shape index (κ2) is 4.85. The van der Waals surface area contributed by atoms with Crippen LogP contribution >= 0.6 is 11.6 Å². The zero-order valence-electron chi connectivity index (χ0n) is 9.08. The zero-order valence-corrected chi connectivity index (χ0v) is 9.83. The fourth-order valence-electron chi connectivity index (χ4n) is 2.00. The van der Waals surface area contributed by atoms with Gasteiger partial charge < -0.3 is 5.73 Å². The van der Waals surface area contributed by atoms with E-state index in [1.165, 1.54) is 12.8 Å². The lowest BCUT2D eigenvalue weighted by molar-refractivity contribution is 0.0946. The number of anilines is 1. The lowest BCUT2D eigenvalue weighted by Gasteiger charge is -2.14. The van der Waals surface area contributed by atoms with Gasteiger partial charge in [-0.25, -0.2) is 0 Å². The predicted octanol–water partition coefficient (Wildman–Crippen LogP) is 2.20. The van der Waals surface area contributed by atoms with Crippen molar-refractivity contribution in [2.45, 2.75) is 12.8 Å². The Morgan fingerprint density at radius 3 is 2.75 bits per heavy atom. The molecule has 1 aromatic carbocycles. The van der Waals surface area contributed by atoms with Crippen molar-refractivity contribution in [3.63, 3.8) is 0 Å². The highest BCUT2D eigenvalue weighted by Crippen LogP contribution is 2.19. The molecule has 2 rings (SSSR count). The Morgan fingerprint density at radius 2 is 2.06 bits per heavy atom. The fraction of sp³-hybridized carbons (Fsp3) is 0.417. The minimum Gasteiger partial charge on any atom is -0.398 e. The number of halogens is 1. The summed E-state index contributed by atoms with van der Waals surface area (Å²) >= 11 is 5.86. The van der Waals surface area contributed by atoms with Crippen molar-refractivity contribution < 1.29 is 4.79 Å². The fourth-order valence-corrected chi connectivity index (χ4v) is 2.17. The molecule has 0 unspecified atom stereocenters. The van der Waals surface area contributed by atoms with Gasteiger partial charge in [0.2, 0.25) is 0 Å². The highest BCUT2D eigenvalue weighted by Gasteiger charge is 2.17. The number of likely N-dealkylation sites (tertiary alicyclic amines) is 1. The summed E-state index contributed by atoms with van der Waals surface area (Å²) in [5, 5.41) is 0.555. The maximum absolute atomic E-state index is 12.0. The van der Waals surface area contributed by atoms with Crippen molar-refractivity contribution in [2.24, 2.45) is 0 Å². The molecule has 0 spiro atoms. The number of hydrogen-bond acceptors (Lipinski definition) is 3. The molecule has 0 aliphatic carbocycles. The molecule has 1 fully saturated rings. The van der Waals surface area contributed by atoms with Crippen molar-refractivity contribution >= 4 is 23.1 Å². The van der Waals surface area contributed by atoms with Gasteiger partial charge in [0.05, 0.1) is 6.54 Å². The van der Waals surface area contributed by atoms with Gasteiger partial charge in [0.1, 0.15) is 0 Å². The Labute approximate surface area is 100 Å². The Hall–Kier alpha value is -1.06. The van der Waals surface area contributed by atoms with Gasteiger partial charge in [-0.3, -0.25) is 9.69 Å². The van der Waals surface area contributed by atoms with Crippen LogP contribution in [0.15, 0.2) is 18.2 Å². The number of nitrogens with zero attached hydrogens (tertiary/aromatic N) is 1. The van der Waals surface area contributed by atoms with Crippen LogP contribution in [0.3, 0.4) is 0 Å². The molecule has 2 N–H and O–H groups in total. The summed E-state index contributed by atoms with van der Waals surface area (Å²) in [5.41, 5.74) is 6.82. The molecule has 1 heterocycles. The summed E-state index contributed by atoms with van der Waals surface area (Å²) in [4.78, 5) is 14.1. The summed E-state index contributed by atoms with van der Waals surface area (Å²) in [6.07, 6.45) is 2.36. The standard InChI is InChI=1S/C12H15ClN2O/c13-9-3-4-11(14)10(7-9)12(16)8-15-5-1-2-6-15/h3-4,7H,1-2,5-6,8,14H2. The molecule has 0 saturated carbocycles. The van der Waals surface area contributed by atoms with Gasteiger partial charge in [0.15, 0.2) is 5.78 Å². The molecule has 0 radical (unpaired) electrons. The highest BCUT2D eigenvalue weighted by atomic mass is 35.5. The van der Waals surface area contributed by atoms with Crippen molar-refractivity contribution in [3.8, 4) is 0 Å². The third-order valence-corrected chi connectivity index (χ3v) is 3.12. The molecule has 86 valence electrons. The molecule has 4 heteroatoms. The largest absolute Gasteiger partial charge is 0.398 e. The van der Waals surface area contributed by atoms with E-state index in [-0.39, 0.29) is 5.78 Å². The van der Waals surface area contributed by atoms with E-state index in [0.29, 0.717) is 22.8 Å². The summed E-state index contributed by atoms with van der Waals surface area (Å²) in [7, 11) is 0. The van der Waals surface area contributed by atoms with E-state index >= 15 is 0 Å². The molecule has 1 saturated heterocycles. The number of rotatable bonds is 3. The number of nitrogens with two attached hydrogens (primary N) is 1. The summed E-state index contributed by atoms with van der Waals surface area (Å²) in [6.45, 7) is 2.46. The van der Waals surface area contributed by atoms with Gasteiger partial charge in [0.25, 0.3) is 0 Å². The van der Waals surface area contributed by atoms with E-state index < -0.39 is 0 Å². The summed E-state index contributed by atoms with van der Waals surface area (Å²) < 4.78 is 0. The van der Waals surface area contributed by atoms with E-state index in [2.05, 4.69) is 4.90 Å². The lowest BCUT2D eigenvalue weighted by atomic mass is 10.1. The van der Waals surface area contributed by atoms with Gasteiger partial charge in [-0.2, -0.15) is 0 Å². The Morgan fingerprint density at radius 1 is 1.38 bits per heavy atom. The summed E-state index contributed by atoms with van der Waals surface area (Å²) in [6, 6.07) is 5.03. The van der Waals surface area contributed by atoms with E-state index in [1.54, 1.807) is 18.2 Å². The first-order valence-electron chi connectivity index (χ1n) is 5.47. The first-order chi connectivity index (χ1) is 7.66.